The molecule has 0 aliphatic heterocycles. The molecule has 2 aromatic rings. The number of nitrogens with zero attached hydrogens (tertiary/aromatic N) is 1. The minimum Gasteiger partial charge on any atom is -0.299 e. The van der Waals surface area contributed by atoms with E-state index in [1.54, 1.807) is 26.1 Å². The third-order valence-corrected chi connectivity index (χ3v) is 3.22. The summed E-state index contributed by atoms with van der Waals surface area (Å²) in [6.45, 7) is 5.49. The Kier molecular flexibility index (Phi) is 5.05. The summed E-state index contributed by atoms with van der Waals surface area (Å²) >= 11 is 0. The Morgan fingerprint density at radius 3 is 2.47 bits per heavy atom. The van der Waals surface area contributed by atoms with Crippen LogP contribution >= 0.6 is 0 Å². The maximum absolute atomic E-state index is 12.4. The molecule has 0 saturated carbocycles. The number of ketones is 1. The number of aryl methyl sites for hydroxylation is 3. The van der Waals surface area contributed by atoms with E-state index < -0.39 is 0 Å². The van der Waals surface area contributed by atoms with Gasteiger partial charge in [-0.1, -0.05) is 19.4 Å². The van der Waals surface area contributed by atoms with Gasteiger partial charge >= 0.3 is 0 Å². The maximum atomic E-state index is 12.4. The van der Waals surface area contributed by atoms with Crippen molar-refractivity contribution in [2.45, 2.75) is 20.8 Å². The average Bonchev–Trinajstić information content (AvgIpc) is 2.56. The van der Waals surface area contributed by atoms with Crippen molar-refractivity contribution in [1.29, 1.82) is 0 Å². The number of aromatic amines is 1. The third-order valence-electron chi connectivity index (χ3n) is 3.22. The van der Waals surface area contributed by atoms with Gasteiger partial charge in [-0.2, -0.15) is 23.8 Å². The van der Waals surface area contributed by atoms with Crippen LogP contribution in [0.4, 0.5) is 0 Å². The van der Waals surface area contributed by atoms with Gasteiger partial charge in [0.2, 0.25) is 0 Å². The van der Waals surface area contributed by atoms with E-state index in [0.29, 0.717) is 11.3 Å². The molecule has 5 heteroatoms. The molecule has 1 N–H and O–H groups in total. The van der Waals surface area contributed by atoms with E-state index in [2.05, 4.69) is 11.2 Å². The first-order valence-electron chi connectivity index (χ1n) is 5.71. The van der Waals surface area contributed by atoms with Crippen molar-refractivity contribution in [1.82, 2.24) is 9.78 Å². The van der Waals surface area contributed by atoms with Crippen LogP contribution in [0.25, 0.3) is 0 Å². The molecule has 1 radical (unpaired) electrons. The van der Waals surface area contributed by atoms with Gasteiger partial charge in [0.15, 0.2) is 5.78 Å². The standard InChI is InChI=1S/C14H15N2O2.Y/c1-8-6-5-7-11(9(8)2)13(17)12-10(3)15-16(4)14(12)18;/h5,7,15H,1-4H3;/q-1;. The fourth-order valence-corrected chi connectivity index (χ4v) is 2.02. The Bertz CT molecular complexity index is 683. The van der Waals surface area contributed by atoms with Crippen LogP contribution in [-0.4, -0.2) is 15.6 Å². The summed E-state index contributed by atoms with van der Waals surface area (Å²) < 4.78 is 1.32. The monoisotopic (exact) mass is 332 g/mol. The zero-order valence-corrected chi connectivity index (χ0v) is 14.3. The first kappa shape index (κ1) is 16.1. The van der Waals surface area contributed by atoms with Crippen molar-refractivity contribution in [3.8, 4) is 0 Å². The molecular formula is C14H15N2O2Y-. The minimum absolute atomic E-state index is 0. The second-order valence-corrected chi connectivity index (χ2v) is 4.45. The van der Waals surface area contributed by atoms with Crippen molar-refractivity contribution in [3.63, 3.8) is 0 Å². The first-order chi connectivity index (χ1) is 8.43. The average molecular weight is 332 g/mol. The Morgan fingerprint density at radius 2 is 1.95 bits per heavy atom. The molecule has 0 aliphatic carbocycles. The second-order valence-electron chi connectivity index (χ2n) is 4.45. The molecule has 0 fully saturated rings. The van der Waals surface area contributed by atoms with Crippen molar-refractivity contribution in [2.75, 3.05) is 0 Å². The van der Waals surface area contributed by atoms with Crippen LogP contribution in [0.2, 0.25) is 0 Å². The van der Waals surface area contributed by atoms with E-state index in [-0.39, 0.29) is 49.6 Å². The van der Waals surface area contributed by atoms with Crippen LogP contribution in [0, 0.1) is 26.8 Å². The fourth-order valence-electron chi connectivity index (χ4n) is 2.02. The predicted octanol–water partition coefficient (Wildman–Crippen LogP) is 1.67. The Balaban J connectivity index is 0.00000180. The molecule has 0 bridgehead atoms. The van der Waals surface area contributed by atoms with E-state index in [9.17, 15) is 9.59 Å². The maximum Gasteiger partial charge on any atom is 0.277 e. The van der Waals surface area contributed by atoms with Crippen LogP contribution < -0.4 is 5.56 Å². The van der Waals surface area contributed by atoms with Gasteiger partial charge < -0.3 is 0 Å². The summed E-state index contributed by atoms with van der Waals surface area (Å²) in [4.78, 5) is 24.3. The summed E-state index contributed by atoms with van der Waals surface area (Å²) in [5.74, 6) is -0.232. The molecule has 2 rings (SSSR count). The Labute approximate surface area is 137 Å². The molecule has 1 aromatic carbocycles. The molecule has 0 amide bonds. The Hall–Kier alpha value is -0.996. The summed E-state index contributed by atoms with van der Waals surface area (Å²) in [7, 11) is 1.60. The number of rotatable bonds is 2. The number of hydrogen-bond donors (Lipinski definition) is 1. The topological polar surface area (TPSA) is 54.9 Å². The van der Waals surface area contributed by atoms with Gasteiger partial charge in [0.1, 0.15) is 5.56 Å². The number of nitrogens with one attached hydrogen (secondary N) is 1. The Morgan fingerprint density at radius 1 is 1.32 bits per heavy atom. The van der Waals surface area contributed by atoms with E-state index in [4.69, 9.17) is 0 Å². The summed E-state index contributed by atoms with van der Waals surface area (Å²) in [5.41, 5.74) is 2.87. The molecule has 0 spiro atoms. The smallest absolute Gasteiger partial charge is 0.277 e. The summed E-state index contributed by atoms with van der Waals surface area (Å²) in [6.07, 6.45) is 0. The van der Waals surface area contributed by atoms with Crippen LogP contribution in [0.15, 0.2) is 16.9 Å². The SMILES string of the molecule is Cc1[c-]ccc(C(=O)c2c(C)[nH]n(C)c2=O)c1C.[Y]. The van der Waals surface area contributed by atoms with Crippen LogP contribution in [0.5, 0.6) is 0 Å². The van der Waals surface area contributed by atoms with Crippen molar-refractivity contribution in [2.24, 2.45) is 7.05 Å². The van der Waals surface area contributed by atoms with Crippen LogP contribution in [-0.2, 0) is 39.8 Å². The summed E-state index contributed by atoms with van der Waals surface area (Å²) in [6, 6.07) is 6.45. The molecular weight excluding hydrogens is 317 g/mol. The van der Waals surface area contributed by atoms with E-state index >= 15 is 0 Å². The molecule has 1 aromatic heterocycles. The number of carbonyl (C=O) groups excluding carboxylic acids is 1. The predicted molar refractivity (Wildman–Crippen MR) is 69.0 cm³/mol. The second kappa shape index (κ2) is 5.97. The molecule has 0 unspecified atom stereocenters. The first-order valence-corrected chi connectivity index (χ1v) is 5.71. The van der Waals surface area contributed by atoms with E-state index in [1.165, 1.54) is 4.68 Å². The molecule has 1 heterocycles. The van der Waals surface area contributed by atoms with Gasteiger partial charge in [-0.15, -0.1) is 5.56 Å². The third kappa shape index (κ3) is 2.80. The van der Waals surface area contributed by atoms with E-state index in [0.717, 1.165) is 11.1 Å². The van der Waals surface area contributed by atoms with Crippen LogP contribution in [0.3, 0.4) is 0 Å². The molecule has 97 valence electrons. The van der Waals surface area contributed by atoms with Crippen molar-refractivity contribution < 1.29 is 37.5 Å². The minimum atomic E-state index is -0.289. The number of carbonyl (C=O) groups is 1. The van der Waals surface area contributed by atoms with Gasteiger partial charge in [-0.25, -0.2) is 0 Å². The zero-order valence-electron chi connectivity index (χ0n) is 11.5. The van der Waals surface area contributed by atoms with E-state index in [1.807, 2.05) is 13.8 Å². The van der Waals surface area contributed by atoms with Crippen molar-refractivity contribution in [3.05, 3.63) is 56.5 Å². The number of aromatic nitrogens is 2. The fraction of sp³-hybridized carbons (Fsp3) is 0.286. The molecule has 0 saturated heterocycles. The van der Waals surface area contributed by atoms with Gasteiger partial charge in [0, 0.05) is 45.5 Å². The summed E-state index contributed by atoms with van der Waals surface area (Å²) in [5, 5.41) is 2.84. The normalized spacial score (nSPS) is 10.1. The molecule has 4 nitrogen and oxygen atoms in total. The number of benzene rings is 1. The van der Waals surface area contributed by atoms with Crippen molar-refractivity contribution >= 4 is 5.78 Å². The number of hydrogen-bond acceptors (Lipinski definition) is 2. The van der Waals surface area contributed by atoms with Gasteiger partial charge in [-0.05, 0) is 6.92 Å². The van der Waals surface area contributed by atoms with Crippen LogP contribution in [0.1, 0.15) is 32.7 Å². The molecule has 0 aliphatic rings. The molecule has 0 atom stereocenters. The largest absolute Gasteiger partial charge is 0.299 e. The zero-order chi connectivity index (χ0) is 13.4. The van der Waals surface area contributed by atoms with Gasteiger partial charge in [0.25, 0.3) is 5.56 Å². The van der Waals surface area contributed by atoms with Gasteiger partial charge in [0.05, 0.1) is 0 Å². The number of H-pyrrole nitrogens is 1. The quantitative estimate of drug-likeness (QED) is 0.672. The van der Waals surface area contributed by atoms with Gasteiger partial charge in [-0.3, -0.25) is 19.4 Å². The molecule has 19 heavy (non-hydrogen) atoms.